The van der Waals surface area contributed by atoms with Crippen LogP contribution >= 0.6 is 0 Å². The fourth-order valence-electron chi connectivity index (χ4n) is 5.16. The molecule has 2 aliphatic rings. The molecule has 6 rings (SSSR count). The van der Waals surface area contributed by atoms with Gasteiger partial charge >= 0.3 is 0 Å². The number of hydrogen-bond acceptors (Lipinski definition) is 11. The third-order valence-electron chi connectivity index (χ3n) is 7.38. The number of aromatic nitrogens is 4. The number of amides is 2. The number of tetrazole rings is 1. The maximum absolute atomic E-state index is 14.0. The molecule has 1 saturated heterocycles. The Hall–Kier alpha value is -5.11. The van der Waals surface area contributed by atoms with Crippen molar-refractivity contribution in [2.75, 3.05) is 34.2 Å². The van der Waals surface area contributed by atoms with Crippen molar-refractivity contribution < 1.29 is 37.7 Å². The van der Waals surface area contributed by atoms with Crippen LogP contribution < -0.4 is 24.3 Å². The summed E-state index contributed by atoms with van der Waals surface area (Å²) in [6.07, 6.45) is 3.18. The number of methoxy groups -OCH3 is 2. The van der Waals surface area contributed by atoms with E-state index in [0.29, 0.717) is 47.5 Å². The van der Waals surface area contributed by atoms with Crippen LogP contribution in [0.2, 0.25) is 0 Å². The highest BCUT2D eigenvalue weighted by atomic mass is 16.7. The van der Waals surface area contributed by atoms with E-state index in [1.54, 1.807) is 49.6 Å². The SMILES string of the molecule is COc1ccc(-c2nnn(CC(=O)N(Cc3ccc4c(c3)OCO4)C(C(=O)NCC3CCCO3)c3ccco3)n2)cc1OC. The summed E-state index contributed by atoms with van der Waals surface area (Å²) in [5.41, 5.74) is 1.35. The molecule has 14 nitrogen and oxygen atoms in total. The molecule has 2 aromatic carbocycles. The third-order valence-corrected chi connectivity index (χ3v) is 7.38. The summed E-state index contributed by atoms with van der Waals surface area (Å²) in [6.45, 7) is 0.865. The highest BCUT2D eigenvalue weighted by Crippen LogP contribution is 2.34. The lowest BCUT2D eigenvalue weighted by molar-refractivity contribution is -0.143. The van der Waals surface area contributed by atoms with E-state index in [-0.39, 0.29) is 31.8 Å². The number of rotatable bonds is 12. The zero-order valence-electron chi connectivity index (χ0n) is 24.3. The van der Waals surface area contributed by atoms with Gasteiger partial charge in [-0.15, -0.1) is 10.2 Å². The number of fused-ring (bicyclic) bond motifs is 1. The van der Waals surface area contributed by atoms with Gasteiger partial charge in [0.25, 0.3) is 5.91 Å². The molecule has 1 fully saturated rings. The first-order chi connectivity index (χ1) is 21.5. The minimum absolute atomic E-state index is 0.0609. The van der Waals surface area contributed by atoms with E-state index in [2.05, 4.69) is 20.7 Å². The second-order valence-corrected chi connectivity index (χ2v) is 10.2. The number of carbonyl (C=O) groups is 2. The number of nitrogens with one attached hydrogen (secondary N) is 1. The van der Waals surface area contributed by atoms with E-state index in [1.807, 2.05) is 6.07 Å². The molecule has 4 heterocycles. The quantitative estimate of drug-likeness (QED) is 0.254. The Balaban J connectivity index is 1.28. The largest absolute Gasteiger partial charge is 0.493 e. The molecule has 2 aromatic heterocycles. The van der Waals surface area contributed by atoms with Gasteiger partial charge in [0.05, 0.1) is 26.6 Å². The van der Waals surface area contributed by atoms with E-state index in [4.69, 9.17) is 28.1 Å². The van der Waals surface area contributed by atoms with Crippen LogP contribution in [0.1, 0.15) is 30.2 Å². The van der Waals surface area contributed by atoms with Gasteiger partial charge in [0, 0.05) is 25.3 Å². The fourth-order valence-corrected chi connectivity index (χ4v) is 5.16. The van der Waals surface area contributed by atoms with Crippen molar-refractivity contribution in [3.8, 4) is 34.4 Å². The lowest BCUT2D eigenvalue weighted by Crippen LogP contribution is -2.46. The molecule has 4 aromatic rings. The molecule has 2 atom stereocenters. The molecular formula is C30H32N6O8. The van der Waals surface area contributed by atoms with Crippen molar-refractivity contribution >= 4 is 11.8 Å². The second-order valence-electron chi connectivity index (χ2n) is 10.2. The molecule has 2 unspecified atom stereocenters. The average molecular weight is 605 g/mol. The molecule has 0 radical (unpaired) electrons. The molecule has 2 aliphatic heterocycles. The number of ether oxygens (including phenoxy) is 5. The first-order valence-electron chi connectivity index (χ1n) is 14.1. The summed E-state index contributed by atoms with van der Waals surface area (Å²) in [4.78, 5) is 30.4. The van der Waals surface area contributed by atoms with Gasteiger partial charge < -0.3 is 38.3 Å². The van der Waals surface area contributed by atoms with E-state index >= 15 is 0 Å². The molecule has 2 amide bonds. The molecule has 1 N–H and O–H groups in total. The molecule has 44 heavy (non-hydrogen) atoms. The summed E-state index contributed by atoms with van der Waals surface area (Å²) >= 11 is 0. The van der Waals surface area contributed by atoms with Gasteiger partial charge in [0.1, 0.15) is 12.3 Å². The van der Waals surface area contributed by atoms with Crippen LogP contribution in [-0.2, 0) is 27.4 Å². The number of furan rings is 1. The predicted octanol–water partition coefficient (Wildman–Crippen LogP) is 2.74. The van der Waals surface area contributed by atoms with Gasteiger partial charge in [0.15, 0.2) is 29.0 Å². The van der Waals surface area contributed by atoms with Crippen molar-refractivity contribution in [1.29, 1.82) is 0 Å². The van der Waals surface area contributed by atoms with Crippen LogP contribution in [0.15, 0.2) is 59.2 Å². The van der Waals surface area contributed by atoms with E-state index in [1.165, 1.54) is 23.1 Å². The molecule has 0 saturated carbocycles. The maximum Gasteiger partial charge on any atom is 0.250 e. The Kier molecular flexibility index (Phi) is 8.59. The van der Waals surface area contributed by atoms with E-state index < -0.39 is 17.9 Å². The number of carbonyl (C=O) groups excluding carboxylic acids is 2. The fraction of sp³-hybridized carbons (Fsp3) is 0.367. The van der Waals surface area contributed by atoms with E-state index in [9.17, 15) is 9.59 Å². The highest BCUT2D eigenvalue weighted by Gasteiger charge is 2.35. The number of hydrogen-bond donors (Lipinski definition) is 1. The lowest BCUT2D eigenvalue weighted by Gasteiger charge is -2.30. The maximum atomic E-state index is 14.0. The number of nitrogens with zero attached hydrogens (tertiary/aromatic N) is 5. The Bertz CT molecular complexity index is 1600. The average Bonchev–Trinajstić information content (AvgIpc) is 3.87. The van der Waals surface area contributed by atoms with Gasteiger partial charge in [-0.3, -0.25) is 9.59 Å². The highest BCUT2D eigenvalue weighted by molar-refractivity contribution is 5.88. The zero-order valence-corrected chi connectivity index (χ0v) is 24.3. The van der Waals surface area contributed by atoms with Gasteiger partial charge in [0.2, 0.25) is 18.5 Å². The zero-order chi connectivity index (χ0) is 30.5. The summed E-state index contributed by atoms with van der Waals surface area (Å²) < 4.78 is 33.0. The standard InChI is InChI=1S/C30H32N6O8/c1-39-22-10-8-20(14-25(22)40-2)29-32-34-36(33-29)17-27(37)35(16-19-7-9-23-26(13-19)44-18-43-23)28(24-6-4-12-42-24)30(38)31-15-21-5-3-11-41-21/h4,6-10,12-14,21,28H,3,5,11,15-18H2,1-2H3,(H,31,38). The first kappa shape index (κ1) is 29.0. The van der Waals surface area contributed by atoms with E-state index in [0.717, 1.165) is 18.4 Å². The number of benzene rings is 2. The van der Waals surface area contributed by atoms with Crippen molar-refractivity contribution in [1.82, 2.24) is 30.4 Å². The van der Waals surface area contributed by atoms with Gasteiger partial charge in [-0.05, 0) is 66.1 Å². The topological polar surface area (TPSA) is 152 Å². The molecule has 230 valence electrons. The molecule has 0 spiro atoms. The minimum atomic E-state index is -1.09. The molecule has 0 aliphatic carbocycles. The Morgan fingerprint density at radius 2 is 1.95 bits per heavy atom. The van der Waals surface area contributed by atoms with Crippen LogP contribution in [0.3, 0.4) is 0 Å². The van der Waals surface area contributed by atoms with Crippen molar-refractivity contribution in [2.45, 2.75) is 38.1 Å². The van der Waals surface area contributed by atoms with Crippen molar-refractivity contribution in [3.05, 3.63) is 66.1 Å². The van der Waals surface area contributed by atoms with Gasteiger partial charge in [-0.1, -0.05) is 6.07 Å². The summed E-state index contributed by atoms with van der Waals surface area (Å²) in [5.74, 6) is 1.99. The van der Waals surface area contributed by atoms with Crippen molar-refractivity contribution in [2.24, 2.45) is 0 Å². The predicted molar refractivity (Wildman–Crippen MR) is 153 cm³/mol. The summed E-state index contributed by atoms with van der Waals surface area (Å²) in [5, 5.41) is 15.6. The normalized spacial score (nSPS) is 16.0. The molecular weight excluding hydrogens is 572 g/mol. The minimum Gasteiger partial charge on any atom is -0.493 e. The lowest BCUT2D eigenvalue weighted by atomic mass is 10.1. The Morgan fingerprint density at radius 3 is 2.73 bits per heavy atom. The Labute approximate surface area is 252 Å². The van der Waals surface area contributed by atoms with Gasteiger partial charge in [-0.2, -0.15) is 4.80 Å². The van der Waals surface area contributed by atoms with Crippen LogP contribution in [0.4, 0.5) is 0 Å². The second kappa shape index (κ2) is 13.0. The van der Waals surface area contributed by atoms with Crippen LogP contribution in [0, 0.1) is 0 Å². The molecule has 14 heteroatoms. The summed E-state index contributed by atoms with van der Waals surface area (Å²) in [7, 11) is 3.08. The van der Waals surface area contributed by atoms with Crippen LogP contribution in [-0.4, -0.2) is 77.2 Å². The Morgan fingerprint density at radius 1 is 1.09 bits per heavy atom. The van der Waals surface area contributed by atoms with Crippen LogP contribution in [0.5, 0.6) is 23.0 Å². The molecule has 0 bridgehead atoms. The van der Waals surface area contributed by atoms with Crippen molar-refractivity contribution in [3.63, 3.8) is 0 Å². The smallest absolute Gasteiger partial charge is 0.250 e. The van der Waals surface area contributed by atoms with Gasteiger partial charge in [-0.25, -0.2) is 0 Å². The third kappa shape index (κ3) is 6.29. The first-order valence-corrected chi connectivity index (χ1v) is 14.1. The monoisotopic (exact) mass is 604 g/mol. The summed E-state index contributed by atoms with van der Waals surface area (Å²) in [6, 6.07) is 12.9. The van der Waals surface area contributed by atoms with Crippen LogP contribution in [0.25, 0.3) is 11.4 Å².